The van der Waals surface area contributed by atoms with Crippen molar-refractivity contribution in [1.29, 1.82) is 0 Å². The molecule has 2 unspecified atom stereocenters. The predicted octanol–water partition coefficient (Wildman–Crippen LogP) is 8.04. The molecule has 5 aliphatic rings. The first-order chi connectivity index (χ1) is 21.8. The van der Waals surface area contributed by atoms with E-state index in [1.165, 1.54) is 33.3 Å². The molecule has 4 heterocycles. The summed E-state index contributed by atoms with van der Waals surface area (Å²) in [7, 11) is 0. The summed E-state index contributed by atoms with van der Waals surface area (Å²) in [5.74, 6) is 3.73. The van der Waals surface area contributed by atoms with Crippen LogP contribution in [0.1, 0.15) is 58.6 Å². The first kappa shape index (κ1) is 24.6. The molecule has 214 valence electrons. The highest BCUT2D eigenvalue weighted by atomic mass is 16.5. The van der Waals surface area contributed by atoms with Crippen LogP contribution in [-0.4, -0.2) is 11.2 Å². The topological polar surface area (TPSA) is 47.5 Å². The number of ether oxygens (including phenoxy) is 2. The molecule has 0 amide bonds. The number of benzene rings is 4. The molecular weight excluding hydrogens is 542 g/mol. The number of hydrogen-bond acceptors (Lipinski definition) is 4. The molecule has 1 fully saturated rings. The third-order valence-electron chi connectivity index (χ3n) is 10.2. The molecule has 10 rings (SSSR count). The van der Waals surface area contributed by atoms with Gasteiger partial charge in [0.1, 0.15) is 23.0 Å². The molecule has 5 aromatic rings. The summed E-state index contributed by atoms with van der Waals surface area (Å²) < 4.78 is 16.2. The van der Waals surface area contributed by atoms with Crippen molar-refractivity contribution in [2.75, 3.05) is 6.67 Å². The summed E-state index contributed by atoms with van der Waals surface area (Å²) in [5.41, 5.74) is 9.35. The van der Waals surface area contributed by atoms with Gasteiger partial charge in [-0.2, -0.15) is 0 Å². The number of nitrogens with one attached hydrogen (secondary N) is 2. The Labute approximate surface area is 256 Å². The molecule has 2 atom stereocenters. The Morgan fingerprint density at radius 3 is 2.32 bits per heavy atom. The van der Waals surface area contributed by atoms with Crippen LogP contribution in [0.15, 0.2) is 121 Å². The van der Waals surface area contributed by atoms with Crippen LogP contribution in [0.2, 0.25) is 0 Å². The van der Waals surface area contributed by atoms with Crippen molar-refractivity contribution in [2.24, 2.45) is 0 Å². The Kier molecular flexibility index (Phi) is 5.08. The number of para-hydroxylation sites is 3. The molecular formula is C39H31N3O2. The van der Waals surface area contributed by atoms with E-state index in [1.807, 2.05) is 0 Å². The minimum Gasteiger partial charge on any atom is -0.461 e. The van der Waals surface area contributed by atoms with Gasteiger partial charge in [-0.25, -0.2) is 0 Å². The maximum Gasteiger partial charge on any atom is 0.132 e. The summed E-state index contributed by atoms with van der Waals surface area (Å²) >= 11 is 0. The Morgan fingerprint density at radius 1 is 0.750 bits per heavy atom. The van der Waals surface area contributed by atoms with Gasteiger partial charge < -0.3 is 14.0 Å². The highest BCUT2D eigenvalue weighted by molar-refractivity contribution is 5.92. The van der Waals surface area contributed by atoms with E-state index in [0.29, 0.717) is 0 Å². The van der Waals surface area contributed by atoms with Crippen molar-refractivity contribution in [3.05, 3.63) is 154 Å². The highest BCUT2D eigenvalue weighted by Crippen LogP contribution is 2.61. The van der Waals surface area contributed by atoms with Gasteiger partial charge in [0, 0.05) is 57.5 Å². The van der Waals surface area contributed by atoms with Gasteiger partial charge in [-0.1, -0.05) is 91.0 Å². The average Bonchev–Trinajstić information content (AvgIpc) is 3.38. The standard InChI is InChI=1S/C39H31N3O2/c1-5-13-32-26(9-1)27-10-2-6-14-33(27)42(32)25-18-20-31-37(22-25)44-35-16-8-4-12-29(35)39(31)28-11-3-7-15-34(28)43-36-21-24(17-19-30(36)39)38-40-23-41-38/h1-5,7-13,15-21,25,38,40-41H,6,14,22-23H2. The largest absolute Gasteiger partial charge is 0.461 e. The van der Waals surface area contributed by atoms with E-state index in [1.54, 1.807) is 0 Å². The normalized spacial score (nSPS) is 22.8. The monoisotopic (exact) mass is 573 g/mol. The van der Waals surface area contributed by atoms with Gasteiger partial charge in [0.15, 0.2) is 0 Å². The summed E-state index contributed by atoms with van der Waals surface area (Å²) in [6, 6.07) is 32.8. The zero-order valence-electron chi connectivity index (χ0n) is 24.2. The van der Waals surface area contributed by atoms with Crippen molar-refractivity contribution in [3.63, 3.8) is 0 Å². The fourth-order valence-corrected chi connectivity index (χ4v) is 8.26. The van der Waals surface area contributed by atoms with E-state index < -0.39 is 5.41 Å². The Hall–Kier alpha value is -4.84. The summed E-state index contributed by atoms with van der Waals surface area (Å²) in [4.78, 5) is 0. The number of nitrogens with zero attached hydrogens (tertiary/aromatic N) is 1. The second kappa shape index (κ2) is 9.08. The smallest absolute Gasteiger partial charge is 0.132 e. The Bertz CT molecular complexity index is 2110. The molecule has 1 aromatic heterocycles. The second-order valence-electron chi connectivity index (χ2n) is 12.4. The zero-order valence-corrected chi connectivity index (χ0v) is 24.2. The number of rotatable bonds is 2. The van der Waals surface area contributed by atoms with Crippen LogP contribution in [0.25, 0.3) is 17.0 Å². The van der Waals surface area contributed by atoms with Gasteiger partial charge in [0.2, 0.25) is 0 Å². The molecule has 4 aromatic carbocycles. The van der Waals surface area contributed by atoms with E-state index in [4.69, 9.17) is 9.47 Å². The number of allylic oxidation sites excluding steroid dienone is 5. The van der Waals surface area contributed by atoms with Crippen molar-refractivity contribution in [3.8, 4) is 17.2 Å². The van der Waals surface area contributed by atoms with Gasteiger partial charge in [0.25, 0.3) is 0 Å². The van der Waals surface area contributed by atoms with Crippen LogP contribution in [0.4, 0.5) is 0 Å². The van der Waals surface area contributed by atoms with Crippen molar-refractivity contribution < 1.29 is 9.47 Å². The number of hydrogen-bond donors (Lipinski definition) is 2. The average molecular weight is 574 g/mol. The van der Waals surface area contributed by atoms with E-state index in [2.05, 4.69) is 131 Å². The van der Waals surface area contributed by atoms with Gasteiger partial charge in [-0.3, -0.25) is 10.6 Å². The second-order valence-corrected chi connectivity index (χ2v) is 12.4. The van der Waals surface area contributed by atoms with E-state index >= 15 is 0 Å². The van der Waals surface area contributed by atoms with Gasteiger partial charge >= 0.3 is 0 Å². The van der Waals surface area contributed by atoms with E-state index in [9.17, 15) is 0 Å². The summed E-state index contributed by atoms with van der Waals surface area (Å²) in [5, 5.41) is 8.25. The lowest BCUT2D eigenvalue weighted by molar-refractivity contribution is 0.306. The maximum atomic E-state index is 6.91. The SMILES string of the molecule is C1=Cc2c(n(C3C=CC4=C(C3)Oc3ccccc3C43c4ccccc4Oc4cc(C5NCN5)ccc43)c3ccccc23)CC1. The third kappa shape index (κ3) is 3.20. The van der Waals surface area contributed by atoms with Crippen molar-refractivity contribution >= 4 is 17.0 Å². The van der Waals surface area contributed by atoms with Crippen LogP contribution in [0, 0.1) is 0 Å². The number of aromatic nitrogens is 1. The molecule has 0 saturated carbocycles. The molecule has 1 spiro atoms. The van der Waals surface area contributed by atoms with Crippen LogP contribution in [0.5, 0.6) is 17.2 Å². The molecule has 0 bridgehead atoms. The number of fused-ring (bicyclic) bond motifs is 10. The molecule has 3 aliphatic heterocycles. The first-order valence-electron chi connectivity index (χ1n) is 15.7. The predicted molar refractivity (Wildman–Crippen MR) is 173 cm³/mol. The summed E-state index contributed by atoms with van der Waals surface area (Å²) in [6.07, 6.45) is 12.4. The first-order valence-corrected chi connectivity index (χ1v) is 15.7. The molecule has 1 saturated heterocycles. The lowest BCUT2D eigenvalue weighted by atomic mass is 9.61. The van der Waals surface area contributed by atoms with Crippen LogP contribution < -0.4 is 20.1 Å². The summed E-state index contributed by atoms with van der Waals surface area (Å²) in [6.45, 7) is 0.818. The van der Waals surface area contributed by atoms with Crippen molar-refractivity contribution in [2.45, 2.75) is 36.9 Å². The third-order valence-corrected chi connectivity index (χ3v) is 10.2. The van der Waals surface area contributed by atoms with E-state index in [-0.39, 0.29) is 12.2 Å². The fourth-order valence-electron chi connectivity index (χ4n) is 8.26. The van der Waals surface area contributed by atoms with Gasteiger partial charge in [-0.15, -0.1) is 0 Å². The van der Waals surface area contributed by atoms with Crippen molar-refractivity contribution in [1.82, 2.24) is 15.2 Å². The van der Waals surface area contributed by atoms with Gasteiger partial charge in [-0.05, 0) is 42.7 Å². The zero-order chi connectivity index (χ0) is 28.8. The van der Waals surface area contributed by atoms with Crippen LogP contribution in [0.3, 0.4) is 0 Å². The molecule has 2 aliphatic carbocycles. The van der Waals surface area contributed by atoms with Gasteiger partial charge in [0.05, 0.1) is 17.6 Å². The highest BCUT2D eigenvalue weighted by Gasteiger charge is 2.52. The maximum absolute atomic E-state index is 6.91. The lowest BCUT2D eigenvalue weighted by Crippen LogP contribution is -2.51. The minimum absolute atomic E-state index is 0.140. The molecule has 5 nitrogen and oxygen atoms in total. The fraction of sp³-hybridized carbons (Fsp3) is 0.179. The quantitative estimate of drug-likeness (QED) is 0.224. The Morgan fingerprint density at radius 2 is 1.50 bits per heavy atom. The molecule has 5 heteroatoms. The van der Waals surface area contributed by atoms with E-state index in [0.717, 1.165) is 65.6 Å². The minimum atomic E-state index is -0.560. The Balaban J connectivity index is 1.20. The van der Waals surface area contributed by atoms with Crippen LogP contribution in [-0.2, 0) is 11.8 Å². The molecule has 2 N–H and O–H groups in total. The molecule has 44 heavy (non-hydrogen) atoms. The lowest BCUT2D eigenvalue weighted by Gasteiger charge is -2.47. The van der Waals surface area contributed by atoms with Crippen LogP contribution >= 0.6 is 0 Å². The molecule has 0 radical (unpaired) electrons.